The molecule has 1 aromatic rings. The molecule has 1 saturated heterocycles. The highest BCUT2D eigenvalue weighted by atomic mass is 32.1. The Balaban J connectivity index is 1.97. The van der Waals surface area contributed by atoms with Gasteiger partial charge in [0.25, 0.3) is 0 Å². The second-order valence-electron chi connectivity index (χ2n) is 3.99. The van der Waals surface area contributed by atoms with Crippen LogP contribution < -0.4 is 5.32 Å². The fourth-order valence-electron chi connectivity index (χ4n) is 1.88. The van der Waals surface area contributed by atoms with Crippen LogP contribution in [0.15, 0.2) is 5.38 Å². The molecular formula is C10H13F3N2S. The number of rotatable bonds is 2. The summed E-state index contributed by atoms with van der Waals surface area (Å²) in [5.41, 5.74) is 0.553. The highest BCUT2D eigenvalue weighted by Crippen LogP contribution is 2.32. The minimum absolute atomic E-state index is 0.289. The van der Waals surface area contributed by atoms with E-state index in [0.29, 0.717) is 23.5 Å². The molecule has 0 aromatic carbocycles. The first-order valence-electron chi connectivity index (χ1n) is 5.30. The third kappa shape index (κ3) is 2.95. The summed E-state index contributed by atoms with van der Waals surface area (Å²) < 4.78 is 36.9. The number of hydrogen-bond donors (Lipinski definition) is 1. The summed E-state index contributed by atoms with van der Waals surface area (Å²) >= 11 is 0.681. The van der Waals surface area contributed by atoms with E-state index in [1.54, 1.807) is 0 Å². The van der Waals surface area contributed by atoms with Crippen molar-refractivity contribution in [3.05, 3.63) is 16.1 Å². The SMILES string of the molecule is FC(F)(F)c1nc(CC2CCCCN2)cs1. The van der Waals surface area contributed by atoms with Gasteiger partial charge < -0.3 is 5.32 Å². The van der Waals surface area contributed by atoms with E-state index in [-0.39, 0.29) is 6.04 Å². The molecule has 2 nitrogen and oxygen atoms in total. The van der Waals surface area contributed by atoms with Gasteiger partial charge in [0.1, 0.15) is 0 Å². The van der Waals surface area contributed by atoms with Gasteiger partial charge in [-0.05, 0) is 19.4 Å². The molecule has 6 heteroatoms. The van der Waals surface area contributed by atoms with Crippen LogP contribution in [-0.4, -0.2) is 17.6 Å². The molecule has 1 fully saturated rings. The maximum absolute atomic E-state index is 12.3. The van der Waals surface area contributed by atoms with Crippen molar-refractivity contribution in [2.45, 2.75) is 37.9 Å². The molecule has 0 spiro atoms. The predicted octanol–water partition coefficient (Wildman–Crippen LogP) is 2.85. The second kappa shape index (κ2) is 4.71. The number of nitrogens with one attached hydrogen (secondary N) is 1. The molecule has 1 aliphatic rings. The molecule has 16 heavy (non-hydrogen) atoms. The quantitative estimate of drug-likeness (QED) is 0.873. The van der Waals surface area contributed by atoms with Crippen LogP contribution in [0.25, 0.3) is 0 Å². The standard InChI is InChI=1S/C10H13F3N2S/c11-10(12,13)9-15-8(6-16-9)5-7-3-1-2-4-14-7/h6-7,14H,1-5H2. The summed E-state index contributed by atoms with van der Waals surface area (Å²) in [6.45, 7) is 0.959. The summed E-state index contributed by atoms with van der Waals surface area (Å²) in [5, 5.41) is 4.07. The monoisotopic (exact) mass is 250 g/mol. The van der Waals surface area contributed by atoms with Crippen LogP contribution in [0.4, 0.5) is 13.2 Å². The minimum atomic E-state index is -4.30. The molecule has 0 bridgehead atoms. The Morgan fingerprint density at radius 2 is 2.25 bits per heavy atom. The van der Waals surface area contributed by atoms with Crippen LogP contribution in [0.2, 0.25) is 0 Å². The average molecular weight is 250 g/mol. The van der Waals surface area contributed by atoms with Crippen LogP contribution in [-0.2, 0) is 12.6 Å². The normalized spacial score (nSPS) is 22.3. The Morgan fingerprint density at radius 1 is 1.44 bits per heavy atom. The number of piperidine rings is 1. The molecule has 0 amide bonds. The summed E-state index contributed by atoms with van der Waals surface area (Å²) in [5.74, 6) is 0. The number of hydrogen-bond acceptors (Lipinski definition) is 3. The Bertz CT molecular complexity index is 342. The van der Waals surface area contributed by atoms with Gasteiger partial charge in [0.15, 0.2) is 5.01 Å². The third-order valence-corrected chi connectivity index (χ3v) is 3.60. The number of aromatic nitrogens is 1. The molecule has 1 atom stereocenters. The number of nitrogens with zero attached hydrogens (tertiary/aromatic N) is 1. The first-order chi connectivity index (χ1) is 7.55. The van der Waals surface area contributed by atoms with E-state index in [9.17, 15) is 13.2 Å². The lowest BCUT2D eigenvalue weighted by Crippen LogP contribution is -2.35. The molecule has 90 valence electrons. The minimum Gasteiger partial charge on any atom is -0.314 e. The molecule has 0 radical (unpaired) electrons. The van der Waals surface area contributed by atoms with E-state index < -0.39 is 11.2 Å². The maximum Gasteiger partial charge on any atom is 0.443 e. The lowest BCUT2D eigenvalue weighted by atomic mass is 10.0. The van der Waals surface area contributed by atoms with Crippen molar-refractivity contribution in [1.82, 2.24) is 10.3 Å². The van der Waals surface area contributed by atoms with Gasteiger partial charge in [-0.3, -0.25) is 0 Å². The lowest BCUT2D eigenvalue weighted by Gasteiger charge is -2.22. The highest BCUT2D eigenvalue weighted by Gasteiger charge is 2.34. The predicted molar refractivity (Wildman–Crippen MR) is 56.5 cm³/mol. The van der Waals surface area contributed by atoms with Gasteiger partial charge in [0, 0.05) is 17.8 Å². The van der Waals surface area contributed by atoms with Gasteiger partial charge in [0.2, 0.25) is 0 Å². The van der Waals surface area contributed by atoms with E-state index in [1.165, 1.54) is 5.38 Å². The zero-order valence-corrected chi connectivity index (χ0v) is 9.50. The Morgan fingerprint density at radius 3 is 2.81 bits per heavy atom. The average Bonchev–Trinajstić information content (AvgIpc) is 2.67. The van der Waals surface area contributed by atoms with Gasteiger partial charge in [-0.15, -0.1) is 11.3 Å². The van der Waals surface area contributed by atoms with Crippen LogP contribution in [0.1, 0.15) is 30.0 Å². The van der Waals surface area contributed by atoms with Crippen molar-refractivity contribution in [3.8, 4) is 0 Å². The molecule has 1 aromatic heterocycles. The van der Waals surface area contributed by atoms with Crippen LogP contribution in [0, 0.1) is 0 Å². The fourth-order valence-corrected chi connectivity index (χ4v) is 2.58. The highest BCUT2D eigenvalue weighted by molar-refractivity contribution is 7.09. The van der Waals surface area contributed by atoms with Crippen LogP contribution >= 0.6 is 11.3 Å². The summed E-state index contributed by atoms with van der Waals surface area (Å²) in [7, 11) is 0. The number of thiazole rings is 1. The Kier molecular flexibility index (Phi) is 3.49. The third-order valence-electron chi connectivity index (χ3n) is 2.66. The topological polar surface area (TPSA) is 24.9 Å². The molecular weight excluding hydrogens is 237 g/mol. The number of halogens is 3. The largest absolute Gasteiger partial charge is 0.443 e. The van der Waals surface area contributed by atoms with Crippen molar-refractivity contribution < 1.29 is 13.2 Å². The molecule has 1 N–H and O–H groups in total. The van der Waals surface area contributed by atoms with E-state index in [1.807, 2.05) is 0 Å². The van der Waals surface area contributed by atoms with Crippen molar-refractivity contribution in [2.24, 2.45) is 0 Å². The van der Waals surface area contributed by atoms with Crippen LogP contribution in [0.5, 0.6) is 0 Å². The van der Waals surface area contributed by atoms with Gasteiger partial charge in [-0.2, -0.15) is 13.2 Å². The molecule has 0 aliphatic carbocycles. The number of alkyl halides is 3. The van der Waals surface area contributed by atoms with E-state index in [4.69, 9.17) is 0 Å². The van der Waals surface area contributed by atoms with Gasteiger partial charge in [-0.1, -0.05) is 6.42 Å². The molecule has 2 heterocycles. The van der Waals surface area contributed by atoms with E-state index in [0.717, 1.165) is 25.8 Å². The smallest absolute Gasteiger partial charge is 0.314 e. The maximum atomic E-state index is 12.3. The first kappa shape index (κ1) is 11.9. The fraction of sp³-hybridized carbons (Fsp3) is 0.700. The lowest BCUT2D eigenvalue weighted by molar-refractivity contribution is -0.137. The molecule has 2 rings (SSSR count). The van der Waals surface area contributed by atoms with Crippen molar-refractivity contribution in [3.63, 3.8) is 0 Å². The molecule has 0 saturated carbocycles. The molecule has 1 aliphatic heterocycles. The van der Waals surface area contributed by atoms with Crippen molar-refractivity contribution in [1.29, 1.82) is 0 Å². The van der Waals surface area contributed by atoms with E-state index >= 15 is 0 Å². The Labute approximate surface area is 95.9 Å². The van der Waals surface area contributed by atoms with Crippen LogP contribution in [0.3, 0.4) is 0 Å². The molecule has 1 unspecified atom stereocenters. The first-order valence-corrected chi connectivity index (χ1v) is 6.18. The van der Waals surface area contributed by atoms with Gasteiger partial charge in [-0.25, -0.2) is 4.98 Å². The summed E-state index contributed by atoms with van der Waals surface area (Å²) in [4.78, 5) is 3.63. The summed E-state index contributed by atoms with van der Waals surface area (Å²) in [6.07, 6.45) is -0.371. The summed E-state index contributed by atoms with van der Waals surface area (Å²) in [6, 6.07) is 0.289. The Hall–Kier alpha value is -0.620. The second-order valence-corrected chi connectivity index (χ2v) is 4.85. The van der Waals surface area contributed by atoms with Crippen molar-refractivity contribution >= 4 is 11.3 Å². The van der Waals surface area contributed by atoms with Crippen molar-refractivity contribution in [2.75, 3.05) is 6.54 Å². The zero-order valence-electron chi connectivity index (χ0n) is 8.68. The van der Waals surface area contributed by atoms with Gasteiger partial charge >= 0.3 is 6.18 Å². The van der Waals surface area contributed by atoms with Gasteiger partial charge in [0.05, 0.1) is 5.69 Å². The zero-order chi connectivity index (χ0) is 11.6. The van der Waals surface area contributed by atoms with E-state index in [2.05, 4.69) is 10.3 Å².